The van der Waals surface area contributed by atoms with Gasteiger partial charge in [0.15, 0.2) is 16.9 Å². The smallest absolute Gasteiger partial charge is 0.256 e. The van der Waals surface area contributed by atoms with E-state index in [1.807, 2.05) is 18.2 Å². The summed E-state index contributed by atoms with van der Waals surface area (Å²) in [5.74, 6) is 0.669. The molecule has 6 nitrogen and oxygen atoms in total. The summed E-state index contributed by atoms with van der Waals surface area (Å²) in [6, 6.07) is 17.3. The quantitative estimate of drug-likeness (QED) is 0.373. The van der Waals surface area contributed by atoms with Crippen LogP contribution < -0.4 is 25.0 Å². The first-order valence-electron chi connectivity index (χ1n) is 9.90. The second kappa shape index (κ2) is 9.52. The van der Waals surface area contributed by atoms with Crippen LogP contribution in [0.4, 0.5) is 5.00 Å². The van der Waals surface area contributed by atoms with Gasteiger partial charge in [-0.1, -0.05) is 35.9 Å². The molecule has 1 amide bonds. The molecule has 0 aliphatic rings. The number of nitrogens with one attached hydrogen (secondary N) is 1. The summed E-state index contributed by atoms with van der Waals surface area (Å²) in [5.41, 5.74) is 1.17. The molecule has 1 N–H and O–H groups in total. The monoisotopic (exact) mass is 481 g/mol. The Kier molecular flexibility index (Phi) is 6.53. The van der Waals surface area contributed by atoms with E-state index in [0.29, 0.717) is 49.3 Å². The first kappa shape index (κ1) is 22.6. The van der Waals surface area contributed by atoms with Crippen molar-refractivity contribution in [3.8, 4) is 28.4 Å². The topological polar surface area (TPSA) is 73.9 Å². The number of hydrogen-bond acceptors (Lipinski definition) is 6. The molecular formula is C25H20ClNO5S. The molecule has 0 radical (unpaired) electrons. The molecule has 0 bridgehead atoms. The average Bonchev–Trinajstić information content (AvgIpc) is 2.84. The van der Waals surface area contributed by atoms with Crippen molar-refractivity contribution in [3.63, 3.8) is 0 Å². The Labute approximate surface area is 199 Å². The predicted octanol–water partition coefficient (Wildman–Crippen LogP) is 5.86. The lowest BCUT2D eigenvalue weighted by Gasteiger charge is -2.15. The van der Waals surface area contributed by atoms with Gasteiger partial charge in [-0.15, -0.1) is 11.3 Å². The highest BCUT2D eigenvalue weighted by Crippen LogP contribution is 2.39. The molecule has 0 aliphatic carbocycles. The highest BCUT2D eigenvalue weighted by Gasteiger charge is 2.20. The highest BCUT2D eigenvalue weighted by molar-refractivity contribution is 7.22. The lowest BCUT2D eigenvalue weighted by molar-refractivity contribution is 0.102. The van der Waals surface area contributed by atoms with Crippen molar-refractivity contribution in [1.82, 2.24) is 0 Å². The number of carbonyl (C=O) groups is 1. The second-order valence-corrected chi connectivity index (χ2v) is 8.50. The van der Waals surface area contributed by atoms with Gasteiger partial charge in [0.05, 0.1) is 26.9 Å². The minimum Gasteiger partial charge on any atom is -0.493 e. The summed E-state index contributed by atoms with van der Waals surface area (Å²) >= 11 is 7.37. The summed E-state index contributed by atoms with van der Waals surface area (Å²) in [5, 5.41) is 4.47. The number of methoxy groups -OCH3 is 3. The Balaban J connectivity index is 1.85. The fourth-order valence-electron chi connectivity index (χ4n) is 3.50. The van der Waals surface area contributed by atoms with E-state index >= 15 is 0 Å². The fourth-order valence-corrected chi connectivity index (χ4v) is 4.72. The van der Waals surface area contributed by atoms with Gasteiger partial charge in [-0.05, 0) is 42.0 Å². The largest absolute Gasteiger partial charge is 0.493 e. The minimum absolute atomic E-state index is 0.174. The number of benzene rings is 3. The molecule has 1 heterocycles. The average molecular weight is 482 g/mol. The third-order valence-corrected chi connectivity index (χ3v) is 6.42. The fraction of sp³-hybridized carbons (Fsp3) is 0.120. The van der Waals surface area contributed by atoms with Gasteiger partial charge in [0.25, 0.3) is 5.91 Å². The zero-order valence-corrected chi connectivity index (χ0v) is 19.7. The lowest BCUT2D eigenvalue weighted by atomic mass is 10.1. The molecule has 0 unspecified atom stereocenters. The third-order valence-electron chi connectivity index (χ3n) is 5.08. The van der Waals surface area contributed by atoms with Crippen molar-refractivity contribution in [2.75, 3.05) is 26.6 Å². The molecule has 0 aliphatic heterocycles. The van der Waals surface area contributed by atoms with Crippen LogP contribution in [-0.4, -0.2) is 27.2 Å². The first-order valence-corrected chi connectivity index (χ1v) is 11.1. The first-order chi connectivity index (χ1) is 16.0. The van der Waals surface area contributed by atoms with E-state index in [2.05, 4.69) is 5.32 Å². The molecule has 4 aromatic rings. The van der Waals surface area contributed by atoms with Crippen molar-refractivity contribution >= 4 is 43.9 Å². The Bertz CT molecular complexity index is 1370. The van der Waals surface area contributed by atoms with Gasteiger partial charge in [-0.3, -0.25) is 9.59 Å². The predicted molar refractivity (Wildman–Crippen MR) is 133 cm³/mol. The Morgan fingerprint density at radius 1 is 0.909 bits per heavy atom. The lowest BCUT2D eigenvalue weighted by Crippen LogP contribution is -2.16. The molecule has 0 fully saturated rings. The van der Waals surface area contributed by atoms with Gasteiger partial charge in [0.2, 0.25) is 5.75 Å². The summed E-state index contributed by atoms with van der Waals surface area (Å²) in [6.07, 6.45) is 0. The standard InChI is InChI=1S/C25H20ClNO5S/c1-30-18-12-15(13-19(31-2)23(18)32-3)24(29)27-25-21(14-8-10-16(26)11-9-14)22(28)17-6-4-5-7-20(17)33-25/h4-13H,1-3H3,(H,27,29). The van der Waals surface area contributed by atoms with Crippen LogP contribution in [0.2, 0.25) is 5.02 Å². The highest BCUT2D eigenvalue weighted by atomic mass is 35.5. The van der Waals surface area contributed by atoms with Crippen LogP contribution in [0.3, 0.4) is 0 Å². The summed E-state index contributed by atoms with van der Waals surface area (Å²) in [7, 11) is 4.45. The van der Waals surface area contributed by atoms with Crippen LogP contribution >= 0.6 is 22.9 Å². The minimum atomic E-state index is -0.421. The van der Waals surface area contributed by atoms with Gasteiger partial charge in [-0.2, -0.15) is 0 Å². The van der Waals surface area contributed by atoms with Crippen LogP contribution in [0.25, 0.3) is 21.2 Å². The van der Waals surface area contributed by atoms with Crippen molar-refractivity contribution in [1.29, 1.82) is 0 Å². The molecule has 3 aromatic carbocycles. The number of halogens is 1. The van der Waals surface area contributed by atoms with Gasteiger partial charge >= 0.3 is 0 Å². The van der Waals surface area contributed by atoms with E-state index in [-0.39, 0.29) is 5.43 Å². The number of fused-ring (bicyclic) bond motifs is 1. The van der Waals surface area contributed by atoms with Crippen LogP contribution in [-0.2, 0) is 0 Å². The van der Waals surface area contributed by atoms with E-state index in [9.17, 15) is 9.59 Å². The maximum absolute atomic E-state index is 13.4. The maximum atomic E-state index is 13.4. The van der Waals surface area contributed by atoms with Crippen LogP contribution in [0.5, 0.6) is 17.2 Å². The van der Waals surface area contributed by atoms with Gasteiger partial charge in [0.1, 0.15) is 5.00 Å². The molecule has 1 aromatic heterocycles. The van der Waals surface area contributed by atoms with Gasteiger partial charge < -0.3 is 19.5 Å². The van der Waals surface area contributed by atoms with Gasteiger partial charge in [-0.25, -0.2) is 0 Å². The van der Waals surface area contributed by atoms with E-state index in [4.69, 9.17) is 25.8 Å². The molecule has 0 atom stereocenters. The number of hydrogen-bond donors (Lipinski definition) is 1. The number of amides is 1. The SMILES string of the molecule is COc1cc(C(=O)Nc2sc3ccccc3c(=O)c2-c2ccc(Cl)cc2)cc(OC)c1OC. The molecule has 0 saturated heterocycles. The van der Waals surface area contributed by atoms with Gasteiger partial charge in [0, 0.05) is 20.7 Å². The van der Waals surface area contributed by atoms with Crippen molar-refractivity contribution in [3.05, 3.63) is 81.5 Å². The van der Waals surface area contributed by atoms with Crippen molar-refractivity contribution in [2.45, 2.75) is 0 Å². The van der Waals surface area contributed by atoms with Crippen molar-refractivity contribution in [2.24, 2.45) is 0 Å². The molecule has 4 rings (SSSR count). The summed E-state index contributed by atoms with van der Waals surface area (Å²) in [6.45, 7) is 0. The molecule has 8 heteroatoms. The maximum Gasteiger partial charge on any atom is 0.256 e. The van der Waals surface area contributed by atoms with E-state index in [1.54, 1.807) is 42.5 Å². The van der Waals surface area contributed by atoms with Crippen LogP contribution in [0.15, 0.2) is 65.5 Å². The number of anilines is 1. The Morgan fingerprint density at radius 3 is 2.15 bits per heavy atom. The zero-order valence-electron chi connectivity index (χ0n) is 18.1. The van der Waals surface area contributed by atoms with Crippen LogP contribution in [0.1, 0.15) is 10.4 Å². The summed E-state index contributed by atoms with van der Waals surface area (Å²) < 4.78 is 16.8. The number of ether oxygens (including phenoxy) is 3. The van der Waals surface area contributed by atoms with Crippen molar-refractivity contribution < 1.29 is 19.0 Å². The molecule has 0 saturated carbocycles. The molecule has 33 heavy (non-hydrogen) atoms. The van der Waals surface area contributed by atoms with E-state index < -0.39 is 5.91 Å². The Morgan fingerprint density at radius 2 is 1.55 bits per heavy atom. The molecular weight excluding hydrogens is 462 g/mol. The zero-order chi connectivity index (χ0) is 23.5. The molecule has 0 spiro atoms. The Hall–Kier alpha value is -3.55. The number of rotatable bonds is 6. The second-order valence-electron chi connectivity index (χ2n) is 7.01. The molecule has 168 valence electrons. The van der Waals surface area contributed by atoms with E-state index in [0.717, 1.165) is 4.70 Å². The van der Waals surface area contributed by atoms with Crippen LogP contribution in [0, 0.1) is 0 Å². The third kappa shape index (κ3) is 4.37. The normalized spacial score (nSPS) is 10.7. The van der Waals surface area contributed by atoms with E-state index in [1.165, 1.54) is 32.7 Å². The summed E-state index contributed by atoms with van der Waals surface area (Å²) in [4.78, 5) is 26.7. The number of carbonyl (C=O) groups excluding carboxylic acids is 1.